The molecule has 0 spiro atoms. The van der Waals surface area contributed by atoms with Crippen LogP contribution in [0.25, 0.3) is 0 Å². The molecule has 0 bridgehead atoms. The van der Waals surface area contributed by atoms with Crippen molar-refractivity contribution in [2.45, 2.75) is 26.9 Å². The predicted molar refractivity (Wildman–Crippen MR) is 92.0 cm³/mol. The topological polar surface area (TPSA) is 50.7 Å². The summed E-state index contributed by atoms with van der Waals surface area (Å²) in [5, 5.41) is 12.3. The first-order chi connectivity index (χ1) is 11.2. The van der Waals surface area contributed by atoms with Gasteiger partial charge in [-0.1, -0.05) is 30.3 Å². The number of methoxy groups -OCH3 is 1. The summed E-state index contributed by atoms with van der Waals surface area (Å²) < 4.78 is 11.0. The summed E-state index contributed by atoms with van der Waals surface area (Å²) in [5.74, 6) is 1.77. The van der Waals surface area contributed by atoms with Crippen molar-refractivity contribution >= 4 is 0 Å². The van der Waals surface area contributed by atoms with Crippen LogP contribution in [0.15, 0.2) is 36.4 Å². The quantitative estimate of drug-likeness (QED) is 0.786. The maximum Gasteiger partial charge on any atom is 0.124 e. The molecular formula is C19H25NO3. The SMILES string of the molecule is COc1c(C)cc(CNCc2ccccc2OCCO)cc1C. The Morgan fingerprint density at radius 1 is 1.04 bits per heavy atom. The molecule has 2 aromatic carbocycles. The van der Waals surface area contributed by atoms with Crippen molar-refractivity contribution in [3.8, 4) is 11.5 Å². The molecule has 0 radical (unpaired) electrons. The molecule has 0 fully saturated rings. The van der Waals surface area contributed by atoms with Crippen molar-refractivity contribution in [3.05, 3.63) is 58.7 Å². The lowest BCUT2D eigenvalue weighted by Gasteiger charge is -2.13. The summed E-state index contributed by atoms with van der Waals surface area (Å²) in [6, 6.07) is 12.2. The Kier molecular flexibility index (Phi) is 6.44. The largest absolute Gasteiger partial charge is 0.496 e. The predicted octanol–water partition coefficient (Wildman–Crippen LogP) is 2.97. The zero-order valence-electron chi connectivity index (χ0n) is 14.1. The molecule has 124 valence electrons. The van der Waals surface area contributed by atoms with Crippen LogP contribution in [0.2, 0.25) is 0 Å². The first-order valence-corrected chi connectivity index (χ1v) is 7.82. The number of ether oxygens (including phenoxy) is 2. The van der Waals surface area contributed by atoms with Gasteiger partial charge < -0.3 is 19.9 Å². The summed E-state index contributed by atoms with van der Waals surface area (Å²) in [5.41, 5.74) is 4.62. The molecule has 0 aliphatic rings. The molecule has 23 heavy (non-hydrogen) atoms. The molecule has 0 heterocycles. The van der Waals surface area contributed by atoms with Gasteiger partial charge in [0.05, 0.1) is 13.7 Å². The lowest BCUT2D eigenvalue weighted by molar-refractivity contribution is 0.200. The van der Waals surface area contributed by atoms with Crippen LogP contribution in [0, 0.1) is 13.8 Å². The third kappa shape index (κ3) is 4.71. The van der Waals surface area contributed by atoms with Gasteiger partial charge in [-0.3, -0.25) is 0 Å². The molecule has 0 saturated heterocycles. The van der Waals surface area contributed by atoms with Crippen LogP contribution in [0.3, 0.4) is 0 Å². The van der Waals surface area contributed by atoms with Crippen LogP contribution in [0.4, 0.5) is 0 Å². The molecule has 0 saturated carbocycles. The second-order valence-corrected chi connectivity index (χ2v) is 5.55. The maximum atomic E-state index is 8.89. The molecule has 0 amide bonds. The lowest BCUT2D eigenvalue weighted by atomic mass is 10.1. The number of benzene rings is 2. The molecule has 2 rings (SSSR count). The highest BCUT2D eigenvalue weighted by Gasteiger charge is 2.06. The first kappa shape index (κ1) is 17.3. The van der Waals surface area contributed by atoms with Crippen molar-refractivity contribution < 1.29 is 14.6 Å². The van der Waals surface area contributed by atoms with Crippen LogP contribution >= 0.6 is 0 Å². The molecule has 0 aliphatic heterocycles. The van der Waals surface area contributed by atoms with Crippen molar-refractivity contribution in [1.82, 2.24) is 5.32 Å². The normalized spacial score (nSPS) is 10.6. The Labute approximate surface area is 138 Å². The third-order valence-electron chi connectivity index (χ3n) is 3.69. The van der Waals surface area contributed by atoms with E-state index >= 15 is 0 Å². The Bertz CT molecular complexity index is 617. The number of rotatable bonds is 8. The maximum absolute atomic E-state index is 8.89. The van der Waals surface area contributed by atoms with Gasteiger partial charge in [-0.05, 0) is 36.6 Å². The average Bonchev–Trinajstić information content (AvgIpc) is 2.54. The van der Waals surface area contributed by atoms with Crippen molar-refractivity contribution in [2.75, 3.05) is 20.3 Å². The van der Waals surface area contributed by atoms with E-state index in [1.165, 1.54) is 5.56 Å². The summed E-state index contributed by atoms with van der Waals surface area (Å²) >= 11 is 0. The fourth-order valence-corrected chi connectivity index (χ4v) is 2.75. The average molecular weight is 315 g/mol. The number of para-hydroxylation sites is 1. The number of hydrogen-bond donors (Lipinski definition) is 2. The monoisotopic (exact) mass is 315 g/mol. The van der Waals surface area contributed by atoms with Crippen LogP contribution in [-0.4, -0.2) is 25.4 Å². The van der Waals surface area contributed by atoms with E-state index in [-0.39, 0.29) is 6.61 Å². The fraction of sp³-hybridized carbons (Fsp3) is 0.368. The second-order valence-electron chi connectivity index (χ2n) is 5.55. The van der Waals surface area contributed by atoms with E-state index in [2.05, 4.69) is 31.3 Å². The Morgan fingerprint density at radius 3 is 2.39 bits per heavy atom. The number of hydrogen-bond acceptors (Lipinski definition) is 4. The van der Waals surface area contributed by atoms with E-state index < -0.39 is 0 Å². The minimum Gasteiger partial charge on any atom is -0.496 e. The van der Waals surface area contributed by atoms with Crippen LogP contribution < -0.4 is 14.8 Å². The Balaban J connectivity index is 1.98. The Morgan fingerprint density at radius 2 is 1.74 bits per heavy atom. The van der Waals surface area contributed by atoms with Crippen LogP contribution in [0.1, 0.15) is 22.3 Å². The molecule has 2 aromatic rings. The number of aliphatic hydroxyl groups is 1. The molecule has 4 nitrogen and oxygen atoms in total. The van der Waals surface area contributed by atoms with Gasteiger partial charge in [0.25, 0.3) is 0 Å². The molecule has 0 aliphatic carbocycles. The van der Waals surface area contributed by atoms with Gasteiger partial charge >= 0.3 is 0 Å². The van der Waals surface area contributed by atoms with Crippen molar-refractivity contribution in [2.24, 2.45) is 0 Å². The van der Waals surface area contributed by atoms with E-state index in [4.69, 9.17) is 14.6 Å². The van der Waals surface area contributed by atoms with Gasteiger partial charge in [0.1, 0.15) is 18.1 Å². The number of aliphatic hydroxyl groups excluding tert-OH is 1. The van der Waals surface area contributed by atoms with Gasteiger partial charge in [0.2, 0.25) is 0 Å². The van der Waals surface area contributed by atoms with Gasteiger partial charge in [0, 0.05) is 18.7 Å². The van der Waals surface area contributed by atoms with E-state index in [0.717, 1.165) is 34.7 Å². The van der Waals surface area contributed by atoms with E-state index in [0.29, 0.717) is 13.2 Å². The van der Waals surface area contributed by atoms with Crippen LogP contribution in [0.5, 0.6) is 11.5 Å². The zero-order chi connectivity index (χ0) is 16.7. The van der Waals surface area contributed by atoms with Gasteiger partial charge in [-0.25, -0.2) is 0 Å². The number of aryl methyl sites for hydroxylation is 2. The number of nitrogens with one attached hydrogen (secondary N) is 1. The van der Waals surface area contributed by atoms with E-state index in [1.807, 2.05) is 24.3 Å². The van der Waals surface area contributed by atoms with Gasteiger partial charge in [-0.2, -0.15) is 0 Å². The lowest BCUT2D eigenvalue weighted by Crippen LogP contribution is -2.14. The summed E-state index contributed by atoms with van der Waals surface area (Å²) in [4.78, 5) is 0. The highest BCUT2D eigenvalue weighted by molar-refractivity contribution is 5.43. The van der Waals surface area contributed by atoms with Gasteiger partial charge in [0.15, 0.2) is 0 Å². The highest BCUT2D eigenvalue weighted by Crippen LogP contribution is 2.24. The first-order valence-electron chi connectivity index (χ1n) is 7.82. The highest BCUT2D eigenvalue weighted by atomic mass is 16.5. The van der Waals surface area contributed by atoms with E-state index in [9.17, 15) is 0 Å². The smallest absolute Gasteiger partial charge is 0.124 e. The standard InChI is InChI=1S/C19H25NO3/c1-14-10-16(11-15(2)19(14)22-3)12-20-13-17-6-4-5-7-18(17)23-9-8-21/h4-7,10-11,20-21H,8-9,12-13H2,1-3H3. The second kappa shape index (κ2) is 8.56. The fourth-order valence-electron chi connectivity index (χ4n) is 2.75. The molecule has 2 N–H and O–H groups in total. The molecular weight excluding hydrogens is 290 g/mol. The zero-order valence-corrected chi connectivity index (χ0v) is 14.1. The Hall–Kier alpha value is -2.04. The molecule has 0 atom stereocenters. The van der Waals surface area contributed by atoms with Crippen LogP contribution in [-0.2, 0) is 13.1 Å². The van der Waals surface area contributed by atoms with E-state index in [1.54, 1.807) is 7.11 Å². The van der Waals surface area contributed by atoms with Crippen molar-refractivity contribution in [1.29, 1.82) is 0 Å². The third-order valence-corrected chi connectivity index (χ3v) is 3.69. The summed E-state index contributed by atoms with van der Waals surface area (Å²) in [6.07, 6.45) is 0. The summed E-state index contributed by atoms with van der Waals surface area (Å²) in [6.45, 7) is 5.95. The van der Waals surface area contributed by atoms with Crippen molar-refractivity contribution in [3.63, 3.8) is 0 Å². The molecule has 0 aromatic heterocycles. The minimum absolute atomic E-state index is 0.0200. The minimum atomic E-state index is 0.0200. The summed E-state index contributed by atoms with van der Waals surface area (Å²) in [7, 11) is 1.70. The van der Waals surface area contributed by atoms with Gasteiger partial charge in [-0.15, -0.1) is 0 Å². The molecule has 4 heteroatoms. The molecule has 0 unspecified atom stereocenters.